The standard InChI is InChI=1S/C21H32N2O4/c1-14-11-16(26-5)17(27-6)12-15(14)22-19(25)21(9-7-8-10-21)13-18(24)23-20(2,3)4/h11-12H,7-10,13H2,1-6H3,(H,22,25)(H,23,24). The van der Waals surface area contributed by atoms with Gasteiger partial charge in [0, 0.05) is 23.7 Å². The number of methoxy groups -OCH3 is 2. The van der Waals surface area contributed by atoms with Crippen LogP contribution in [0, 0.1) is 12.3 Å². The maximum atomic E-state index is 13.2. The summed E-state index contributed by atoms with van der Waals surface area (Å²) in [6.45, 7) is 7.74. The zero-order chi connectivity index (χ0) is 20.2. The van der Waals surface area contributed by atoms with Gasteiger partial charge in [-0.25, -0.2) is 0 Å². The Labute approximate surface area is 162 Å². The molecule has 0 heterocycles. The van der Waals surface area contributed by atoms with E-state index in [-0.39, 0.29) is 23.8 Å². The second-order valence-electron chi connectivity index (χ2n) is 8.44. The molecular weight excluding hydrogens is 344 g/mol. The number of carbonyl (C=O) groups excluding carboxylic acids is 2. The third-order valence-electron chi connectivity index (χ3n) is 5.03. The van der Waals surface area contributed by atoms with Crippen molar-refractivity contribution < 1.29 is 19.1 Å². The van der Waals surface area contributed by atoms with Crippen molar-refractivity contribution in [2.75, 3.05) is 19.5 Å². The Morgan fingerprint density at radius 3 is 2.15 bits per heavy atom. The van der Waals surface area contributed by atoms with Gasteiger partial charge in [-0.2, -0.15) is 0 Å². The Balaban J connectivity index is 2.22. The Morgan fingerprint density at radius 2 is 1.63 bits per heavy atom. The smallest absolute Gasteiger partial charge is 0.231 e. The minimum absolute atomic E-state index is 0.0800. The van der Waals surface area contributed by atoms with E-state index in [0.717, 1.165) is 31.2 Å². The first kappa shape index (κ1) is 21.1. The molecule has 0 atom stereocenters. The van der Waals surface area contributed by atoms with Crippen molar-refractivity contribution in [3.05, 3.63) is 17.7 Å². The number of carbonyl (C=O) groups is 2. The molecule has 0 aliphatic heterocycles. The van der Waals surface area contributed by atoms with Gasteiger partial charge in [-0.05, 0) is 52.2 Å². The quantitative estimate of drug-likeness (QED) is 0.791. The Morgan fingerprint density at radius 1 is 1.07 bits per heavy atom. The van der Waals surface area contributed by atoms with Crippen LogP contribution in [-0.4, -0.2) is 31.6 Å². The van der Waals surface area contributed by atoms with Crippen LogP contribution in [0.25, 0.3) is 0 Å². The van der Waals surface area contributed by atoms with Gasteiger partial charge in [-0.1, -0.05) is 12.8 Å². The Kier molecular flexibility index (Phi) is 6.39. The van der Waals surface area contributed by atoms with Gasteiger partial charge >= 0.3 is 0 Å². The van der Waals surface area contributed by atoms with Crippen LogP contribution in [0.2, 0.25) is 0 Å². The van der Waals surface area contributed by atoms with E-state index < -0.39 is 5.41 Å². The van der Waals surface area contributed by atoms with Crippen molar-refractivity contribution in [3.8, 4) is 11.5 Å². The fourth-order valence-electron chi connectivity index (χ4n) is 3.68. The molecule has 1 saturated carbocycles. The fraction of sp³-hybridized carbons (Fsp3) is 0.619. The van der Waals surface area contributed by atoms with Crippen molar-refractivity contribution in [1.29, 1.82) is 0 Å². The van der Waals surface area contributed by atoms with Gasteiger partial charge in [-0.15, -0.1) is 0 Å². The van der Waals surface area contributed by atoms with E-state index in [1.165, 1.54) is 0 Å². The minimum Gasteiger partial charge on any atom is -0.493 e. The molecule has 2 rings (SSSR count). The lowest BCUT2D eigenvalue weighted by Crippen LogP contribution is -2.45. The van der Waals surface area contributed by atoms with Crippen LogP contribution in [0.4, 0.5) is 5.69 Å². The molecule has 150 valence electrons. The second-order valence-corrected chi connectivity index (χ2v) is 8.44. The van der Waals surface area contributed by atoms with Crippen molar-refractivity contribution in [3.63, 3.8) is 0 Å². The average molecular weight is 376 g/mol. The largest absolute Gasteiger partial charge is 0.493 e. The molecule has 1 fully saturated rings. The first-order valence-electron chi connectivity index (χ1n) is 9.45. The summed E-state index contributed by atoms with van der Waals surface area (Å²) in [4.78, 5) is 25.7. The van der Waals surface area contributed by atoms with Gasteiger partial charge < -0.3 is 20.1 Å². The maximum Gasteiger partial charge on any atom is 0.231 e. The first-order valence-corrected chi connectivity index (χ1v) is 9.45. The molecule has 1 aromatic rings. The third kappa shape index (κ3) is 5.15. The van der Waals surface area contributed by atoms with Crippen LogP contribution in [0.1, 0.15) is 58.4 Å². The highest BCUT2D eigenvalue weighted by atomic mass is 16.5. The summed E-state index contributed by atoms with van der Waals surface area (Å²) in [5.41, 5.74) is 0.593. The lowest BCUT2D eigenvalue weighted by molar-refractivity contribution is -0.133. The summed E-state index contributed by atoms with van der Waals surface area (Å²) in [6.07, 6.45) is 3.58. The SMILES string of the molecule is COc1cc(C)c(NC(=O)C2(CC(=O)NC(C)(C)C)CCCC2)cc1OC. The van der Waals surface area contributed by atoms with Crippen molar-refractivity contribution >= 4 is 17.5 Å². The van der Waals surface area contributed by atoms with E-state index in [0.29, 0.717) is 17.2 Å². The number of hydrogen-bond donors (Lipinski definition) is 2. The fourth-order valence-corrected chi connectivity index (χ4v) is 3.68. The summed E-state index contributed by atoms with van der Waals surface area (Å²) in [5.74, 6) is 1.00. The number of amides is 2. The van der Waals surface area contributed by atoms with E-state index >= 15 is 0 Å². The molecule has 0 spiro atoms. The zero-order valence-electron chi connectivity index (χ0n) is 17.3. The van der Waals surface area contributed by atoms with Crippen LogP contribution in [0.15, 0.2) is 12.1 Å². The van der Waals surface area contributed by atoms with Crippen LogP contribution in [0.5, 0.6) is 11.5 Å². The number of rotatable bonds is 6. The lowest BCUT2D eigenvalue weighted by Gasteiger charge is -2.29. The molecule has 1 aliphatic rings. The normalized spacial score (nSPS) is 15.9. The van der Waals surface area contributed by atoms with Gasteiger partial charge in [0.05, 0.1) is 19.6 Å². The number of hydrogen-bond acceptors (Lipinski definition) is 4. The molecule has 6 nitrogen and oxygen atoms in total. The van der Waals surface area contributed by atoms with Crippen LogP contribution in [0.3, 0.4) is 0 Å². The molecule has 0 unspecified atom stereocenters. The molecular formula is C21H32N2O4. The molecule has 0 saturated heterocycles. The van der Waals surface area contributed by atoms with E-state index in [1.54, 1.807) is 20.3 Å². The van der Waals surface area contributed by atoms with E-state index in [9.17, 15) is 9.59 Å². The summed E-state index contributed by atoms with van der Waals surface area (Å²) in [6, 6.07) is 3.60. The van der Waals surface area contributed by atoms with E-state index in [4.69, 9.17) is 9.47 Å². The van der Waals surface area contributed by atoms with Gasteiger partial charge in [0.2, 0.25) is 11.8 Å². The summed E-state index contributed by atoms with van der Waals surface area (Å²) in [5, 5.41) is 6.01. The third-order valence-corrected chi connectivity index (χ3v) is 5.03. The number of aryl methyl sites for hydroxylation is 1. The predicted molar refractivity (Wildman–Crippen MR) is 106 cm³/mol. The molecule has 0 aromatic heterocycles. The van der Waals surface area contributed by atoms with E-state index in [1.807, 2.05) is 33.8 Å². The molecule has 1 aliphatic carbocycles. The maximum absolute atomic E-state index is 13.2. The number of anilines is 1. The molecule has 1 aromatic carbocycles. The molecule has 6 heteroatoms. The predicted octanol–water partition coefficient (Wildman–Crippen LogP) is 3.82. The Hall–Kier alpha value is -2.24. The van der Waals surface area contributed by atoms with Crippen molar-refractivity contribution in [2.24, 2.45) is 5.41 Å². The van der Waals surface area contributed by atoms with E-state index in [2.05, 4.69) is 10.6 Å². The average Bonchev–Trinajstić information content (AvgIpc) is 3.04. The highest BCUT2D eigenvalue weighted by Gasteiger charge is 2.43. The second kappa shape index (κ2) is 8.19. The molecule has 27 heavy (non-hydrogen) atoms. The highest BCUT2D eigenvalue weighted by molar-refractivity contribution is 5.99. The van der Waals surface area contributed by atoms with Gasteiger partial charge in [0.1, 0.15) is 0 Å². The van der Waals surface area contributed by atoms with Gasteiger partial charge in [-0.3, -0.25) is 9.59 Å². The number of ether oxygens (including phenoxy) is 2. The summed E-state index contributed by atoms with van der Waals surface area (Å²) < 4.78 is 10.6. The van der Waals surface area contributed by atoms with Gasteiger partial charge in [0.25, 0.3) is 0 Å². The number of nitrogens with one attached hydrogen (secondary N) is 2. The zero-order valence-corrected chi connectivity index (χ0v) is 17.3. The Bertz CT molecular complexity index is 701. The topological polar surface area (TPSA) is 76.7 Å². The van der Waals surface area contributed by atoms with Crippen LogP contribution >= 0.6 is 0 Å². The highest BCUT2D eigenvalue weighted by Crippen LogP contribution is 2.43. The van der Waals surface area contributed by atoms with Crippen LogP contribution in [-0.2, 0) is 9.59 Å². The molecule has 0 bridgehead atoms. The molecule has 2 N–H and O–H groups in total. The lowest BCUT2D eigenvalue weighted by atomic mass is 9.81. The van der Waals surface area contributed by atoms with Crippen molar-refractivity contribution in [2.45, 2.75) is 65.3 Å². The van der Waals surface area contributed by atoms with Gasteiger partial charge in [0.15, 0.2) is 11.5 Å². The summed E-state index contributed by atoms with van der Waals surface area (Å²) >= 11 is 0. The molecule has 0 radical (unpaired) electrons. The summed E-state index contributed by atoms with van der Waals surface area (Å²) in [7, 11) is 3.14. The number of benzene rings is 1. The monoisotopic (exact) mass is 376 g/mol. The molecule has 2 amide bonds. The van der Waals surface area contributed by atoms with Crippen LogP contribution < -0.4 is 20.1 Å². The first-order chi connectivity index (χ1) is 12.6. The minimum atomic E-state index is -0.658. The van der Waals surface area contributed by atoms with Crippen molar-refractivity contribution in [1.82, 2.24) is 5.32 Å².